The summed E-state index contributed by atoms with van der Waals surface area (Å²) in [6, 6.07) is 0. The van der Waals surface area contributed by atoms with Crippen molar-refractivity contribution in [2.75, 3.05) is 0 Å². The molecule has 6 heteroatoms. The molecule has 0 unspecified atom stereocenters. The lowest BCUT2D eigenvalue weighted by Crippen LogP contribution is -2.11. The number of rotatable bonds is 2. The fourth-order valence-electron chi connectivity index (χ4n) is 1.21. The summed E-state index contributed by atoms with van der Waals surface area (Å²) in [4.78, 5) is 18.5. The van der Waals surface area contributed by atoms with E-state index in [1.54, 1.807) is 30.2 Å². The van der Waals surface area contributed by atoms with Crippen LogP contribution in [0.5, 0.6) is 0 Å². The largest absolute Gasteiger partial charge is 0.475 e. The van der Waals surface area contributed by atoms with Crippen LogP contribution in [0.1, 0.15) is 10.6 Å². The van der Waals surface area contributed by atoms with E-state index in [1.807, 2.05) is 0 Å². The second-order valence-electron chi connectivity index (χ2n) is 2.76. The Hall–Kier alpha value is -2.11. The number of hydrogen-bond acceptors (Lipinski definition) is 3. The molecular weight excluding hydrogens is 184 g/mol. The number of aromatic carboxylic acids is 1. The lowest BCUT2D eigenvalue weighted by Gasteiger charge is -2.03. The van der Waals surface area contributed by atoms with Crippen LogP contribution in [-0.4, -0.2) is 30.2 Å². The normalized spacial score (nSPS) is 10.4. The summed E-state index contributed by atoms with van der Waals surface area (Å²) in [6.07, 6.45) is 6.33. The van der Waals surface area contributed by atoms with E-state index in [4.69, 9.17) is 5.11 Å². The van der Waals surface area contributed by atoms with Gasteiger partial charge in [-0.3, -0.25) is 4.57 Å². The molecule has 0 radical (unpaired) electrons. The minimum Gasteiger partial charge on any atom is -0.475 e. The Kier molecular flexibility index (Phi) is 1.81. The molecule has 6 nitrogen and oxygen atoms in total. The topological polar surface area (TPSA) is 72.9 Å². The smallest absolute Gasteiger partial charge is 0.372 e. The van der Waals surface area contributed by atoms with Gasteiger partial charge in [0.25, 0.3) is 0 Å². The third kappa shape index (κ3) is 1.17. The van der Waals surface area contributed by atoms with E-state index in [-0.39, 0.29) is 5.82 Å². The van der Waals surface area contributed by atoms with E-state index in [2.05, 4.69) is 9.97 Å². The Labute approximate surface area is 79.5 Å². The minimum atomic E-state index is -1.07. The summed E-state index contributed by atoms with van der Waals surface area (Å²) in [7, 11) is 1.79. The van der Waals surface area contributed by atoms with Gasteiger partial charge in [-0.1, -0.05) is 0 Å². The third-order valence-corrected chi connectivity index (χ3v) is 1.84. The van der Waals surface area contributed by atoms with Gasteiger partial charge in [0.15, 0.2) is 0 Å². The number of carboxylic acids is 1. The van der Waals surface area contributed by atoms with Crippen LogP contribution >= 0.6 is 0 Å². The molecule has 0 atom stereocenters. The van der Waals surface area contributed by atoms with Crippen LogP contribution in [-0.2, 0) is 7.05 Å². The molecule has 2 rings (SSSR count). The van der Waals surface area contributed by atoms with Crippen LogP contribution in [0, 0.1) is 0 Å². The zero-order chi connectivity index (χ0) is 10.1. The van der Waals surface area contributed by atoms with Gasteiger partial charge in [0.05, 0.1) is 0 Å². The average Bonchev–Trinajstić information content (AvgIpc) is 2.70. The molecule has 2 aromatic rings. The number of carbonyl (C=O) groups is 1. The predicted molar refractivity (Wildman–Crippen MR) is 47.3 cm³/mol. The van der Waals surface area contributed by atoms with E-state index in [9.17, 15) is 4.79 Å². The molecule has 1 N–H and O–H groups in total. The first kappa shape index (κ1) is 8.49. The van der Waals surface area contributed by atoms with E-state index in [0.29, 0.717) is 5.95 Å². The van der Waals surface area contributed by atoms with Gasteiger partial charge < -0.3 is 9.67 Å². The Balaban J connectivity index is 2.57. The number of hydrogen-bond donors (Lipinski definition) is 1. The van der Waals surface area contributed by atoms with Gasteiger partial charge in [-0.05, 0) is 0 Å². The van der Waals surface area contributed by atoms with Crippen molar-refractivity contribution in [1.29, 1.82) is 0 Å². The molecule has 0 aliphatic carbocycles. The zero-order valence-electron chi connectivity index (χ0n) is 7.45. The summed E-state index contributed by atoms with van der Waals surface area (Å²) < 4.78 is 3.14. The molecular formula is C8H8N4O2. The summed E-state index contributed by atoms with van der Waals surface area (Å²) in [6.45, 7) is 0. The van der Waals surface area contributed by atoms with Gasteiger partial charge in [0.2, 0.25) is 11.8 Å². The van der Waals surface area contributed by atoms with Crippen LogP contribution in [0.15, 0.2) is 24.8 Å². The van der Waals surface area contributed by atoms with Crippen molar-refractivity contribution in [3.8, 4) is 5.95 Å². The predicted octanol–water partition coefficient (Wildman–Crippen LogP) is 0.304. The van der Waals surface area contributed by atoms with Crippen molar-refractivity contribution in [1.82, 2.24) is 19.1 Å². The highest BCUT2D eigenvalue weighted by Crippen LogP contribution is 2.06. The summed E-state index contributed by atoms with van der Waals surface area (Å²) in [5.41, 5.74) is 0. The Morgan fingerprint density at radius 1 is 1.36 bits per heavy atom. The van der Waals surface area contributed by atoms with Gasteiger partial charge in [-0.15, -0.1) is 0 Å². The van der Waals surface area contributed by atoms with Crippen LogP contribution in [0.2, 0.25) is 0 Å². The molecule has 72 valence electrons. The second-order valence-corrected chi connectivity index (χ2v) is 2.76. The monoisotopic (exact) mass is 192 g/mol. The van der Waals surface area contributed by atoms with E-state index in [1.165, 1.54) is 10.8 Å². The van der Waals surface area contributed by atoms with E-state index >= 15 is 0 Å². The van der Waals surface area contributed by atoms with Crippen molar-refractivity contribution in [3.05, 3.63) is 30.6 Å². The highest BCUT2D eigenvalue weighted by atomic mass is 16.4. The summed E-state index contributed by atoms with van der Waals surface area (Å²) >= 11 is 0. The Morgan fingerprint density at radius 2 is 2.07 bits per heavy atom. The first-order valence-corrected chi connectivity index (χ1v) is 3.94. The average molecular weight is 192 g/mol. The third-order valence-electron chi connectivity index (χ3n) is 1.84. The number of nitrogens with zero attached hydrogens (tertiary/aromatic N) is 4. The number of aryl methyl sites for hydroxylation is 1. The van der Waals surface area contributed by atoms with Crippen molar-refractivity contribution in [2.24, 2.45) is 7.05 Å². The SMILES string of the molecule is Cn1ccnc1-n1ccnc1C(=O)O. The first-order valence-electron chi connectivity index (χ1n) is 3.94. The van der Waals surface area contributed by atoms with E-state index < -0.39 is 5.97 Å². The summed E-state index contributed by atoms with van der Waals surface area (Å²) in [5.74, 6) is -0.586. The van der Waals surface area contributed by atoms with Crippen molar-refractivity contribution in [3.63, 3.8) is 0 Å². The van der Waals surface area contributed by atoms with Gasteiger partial charge in [0.1, 0.15) is 0 Å². The molecule has 0 bridgehead atoms. The molecule has 0 aromatic carbocycles. The molecule has 2 heterocycles. The first-order chi connectivity index (χ1) is 6.70. The van der Waals surface area contributed by atoms with Gasteiger partial charge in [0, 0.05) is 31.8 Å². The highest BCUT2D eigenvalue weighted by Gasteiger charge is 2.14. The molecule has 0 amide bonds. The maximum atomic E-state index is 10.8. The Bertz CT molecular complexity index is 471. The molecule has 2 aromatic heterocycles. The lowest BCUT2D eigenvalue weighted by atomic mass is 10.6. The van der Waals surface area contributed by atoms with Crippen molar-refractivity contribution < 1.29 is 9.90 Å². The van der Waals surface area contributed by atoms with Crippen LogP contribution in [0.4, 0.5) is 0 Å². The quantitative estimate of drug-likeness (QED) is 0.742. The summed E-state index contributed by atoms with van der Waals surface area (Å²) in [5, 5.41) is 8.82. The van der Waals surface area contributed by atoms with Crippen LogP contribution in [0.3, 0.4) is 0 Å². The molecule has 0 spiro atoms. The number of aromatic nitrogens is 4. The van der Waals surface area contributed by atoms with Gasteiger partial charge in [-0.25, -0.2) is 14.8 Å². The molecule has 0 aliphatic heterocycles. The van der Waals surface area contributed by atoms with Crippen molar-refractivity contribution in [2.45, 2.75) is 0 Å². The maximum absolute atomic E-state index is 10.8. The van der Waals surface area contributed by atoms with E-state index in [0.717, 1.165) is 0 Å². The van der Waals surface area contributed by atoms with Crippen LogP contribution in [0.25, 0.3) is 5.95 Å². The molecule has 0 fully saturated rings. The molecule has 14 heavy (non-hydrogen) atoms. The van der Waals surface area contributed by atoms with Crippen molar-refractivity contribution >= 4 is 5.97 Å². The lowest BCUT2D eigenvalue weighted by molar-refractivity contribution is 0.0681. The van der Waals surface area contributed by atoms with Crippen LogP contribution < -0.4 is 0 Å². The number of carboxylic acid groups (broad SMARTS) is 1. The van der Waals surface area contributed by atoms with Gasteiger partial charge in [-0.2, -0.15) is 0 Å². The molecule has 0 saturated heterocycles. The maximum Gasteiger partial charge on any atom is 0.372 e. The minimum absolute atomic E-state index is 0.0423. The van der Waals surface area contributed by atoms with Gasteiger partial charge >= 0.3 is 5.97 Å². The number of imidazole rings is 2. The molecule has 0 saturated carbocycles. The highest BCUT2D eigenvalue weighted by molar-refractivity contribution is 5.84. The molecule has 0 aliphatic rings. The fraction of sp³-hybridized carbons (Fsp3) is 0.125. The zero-order valence-corrected chi connectivity index (χ0v) is 7.45. The second kappa shape index (κ2) is 2.99. The Morgan fingerprint density at radius 3 is 2.64 bits per heavy atom. The fourth-order valence-corrected chi connectivity index (χ4v) is 1.21. The standard InChI is InChI=1S/C8H8N4O2/c1-11-4-2-10-8(11)12-5-3-9-6(12)7(13)14/h2-5H,1H3,(H,13,14).